The molecule has 1 heterocycles. The fourth-order valence-electron chi connectivity index (χ4n) is 1.90. The monoisotopic (exact) mass is 353 g/mol. The molecule has 0 saturated heterocycles. The molecule has 0 N–H and O–H groups in total. The second kappa shape index (κ2) is 6.44. The zero-order chi connectivity index (χ0) is 16.5. The number of hydrogen-bond acceptors (Lipinski definition) is 3. The Morgan fingerprint density at radius 3 is 2.45 bits per heavy atom. The summed E-state index contributed by atoms with van der Waals surface area (Å²) in [7, 11) is -1.92. The van der Waals surface area contributed by atoms with E-state index in [4.69, 9.17) is 16.0 Å². The first-order valence-corrected chi connectivity index (χ1v) is 11.6. The molecule has 0 aliphatic carbocycles. The lowest BCUT2D eigenvalue weighted by Crippen LogP contribution is -2.42. The summed E-state index contributed by atoms with van der Waals surface area (Å²) < 4.78 is 6.67. The van der Waals surface area contributed by atoms with Gasteiger partial charge < -0.3 is 4.43 Å². The van der Waals surface area contributed by atoms with Crippen molar-refractivity contribution in [2.24, 2.45) is 0 Å². The summed E-state index contributed by atoms with van der Waals surface area (Å²) in [5, 5.41) is 1.88. The summed E-state index contributed by atoms with van der Waals surface area (Å²) >= 11 is 7.87. The van der Waals surface area contributed by atoms with E-state index in [0.29, 0.717) is 0 Å². The van der Waals surface area contributed by atoms with Crippen molar-refractivity contribution in [2.45, 2.75) is 51.9 Å². The Morgan fingerprint density at radius 2 is 1.95 bits per heavy atom. The lowest BCUT2D eigenvalue weighted by Gasteiger charge is -2.39. The molecule has 0 bridgehead atoms. The lowest BCUT2D eigenvalue weighted by molar-refractivity contribution is 0.221. The highest BCUT2D eigenvalue weighted by Gasteiger charge is 2.40. The largest absolute Gasteiger partial charge is 0.403 e. The Morgan fingerprint density at radius 1 is 1.27 bits per heavy atom. The summed E-state index contributed by atoms with van der Waals surface area (Å²) in [5.41, 5.74) is 1.08. The average molecular weight is 354 g/mol. The quantitative estimate of drug-likeness (QED) is 0.609. The number of rotatable bonds is 4. The smallest absolute Gasteiger partial charge is 0.193 e. The minimum Gasteiger partial charge on any atom is -0.403 e. The van der Waals surface area contributed by atoms with Gasteiger partial charge in [0, 0.05) is 16.1 Å². The van der Waals surface area contributed by atoms with E-state index in [1.807, 2.05) is 24.4 Å². The maximum atomic E-state index is 6.67. The molecule has 0 spiro atoms. The second-order valence-corrected chi connectivity index (χ2v) is 13.6. The molecule has 5 heteroatoms. The molecule has 0 aliphatic rings. The molecule has 1 aromatic heterocycles. The highest BCUT2D eigenvalue weighted by atomic mass is 35.5. The number of hydrogen-bond donors (Lipinski definition) is 0. The van der Waals surface area contributed by atoms with Gasteiger partial charge in [0.05, 0.1) is 0 Å². The van der Waals surface area contributed by atoms with Gasteiger partial charge in [-0.25, -0.2) is 4.98 Å². The highest BCUT2D eigenvalue weighted by Crippen LogP contribution is 2.42. The number of thiazole rings is 1. The van der Waals surface area contributed by atoms with Gasteiger partial charge in [-0.1, -0.05) is 44.5 Å². The Hall–Kier alpha value is -0.683. The van der Waals surface area contributed by atoms with Crippen molar-refractivity contribution in [1.82, 2.24) is 4.98 Å². The van der Waals surface area contributed by atoms with Crippen molar-refractivity contribution < 1.29 is 4.43 Å². The minimum absolute atomic E-state index is 0.140. The first-order chi connectivity index (χ1) is 10.1. The van der Waals surface area contributed by atoms with Crippen LogP contribution in [-0.2, 0) is 4.43 Å². The van der Waals surface area contributed by atoms with E-state index in [0.717, 1.165) is 15.6 Å². The van der Waals surface area contributed by atoms with Gasteiger partial charge in [-0.3, -0.25) is 0 Å². The Labute approximate surface area is 143 Å². The van der Waals surface area contributed by atoms with Crippen molar-refractivity contribution in [3.05, 3.63) is 50.9 Å². The zero-order valence-corrected chi connectivity index (χ0v) is 16.7. The van der Waals surface area contributed by atoms with Crippen LogP contribution in [0.15, 0.2) is 30.5 Å². The van der Waals surface area contributed by atoms with E-state index in [-0.39, 0.29) is 11.1 Å². The molecular formula is C17H24ClNOSSi. The number of nitrogens with zero attached hydrogens (tertiary/aromatic N) is 1. The zero-order valence-electron chi connectivity index (χ0n) is 14.1. The van der Waals surface area contributed by atoms with Crippen LogP contribution in [0.5, 0.6) is 0 Å². The number of benzene rings is 1. The molecule has 0 fully saturated rings. The van der Waals surface area contributed by atoms with Crippen molar-refractivity contribution in [3.8, 4) is 0 Å². The Kier molecular flexibility index (Phi) is 5.17. The normalized spacial score (nSPS) is 14.1. The van der Waals surface area contributed by atoms with Gasteiger partial charge in [-0.15, -0.1) is 11.3 Å². The standard InChI is InChI=1S/C17H24ClNOSSi/c1-12-11-19-16(21-12)15(13-8-7-9-14(18)10-13)20-22(5,6)17(2,3)4/h7-11,15H,1-6H3. The third-order valence-corrected chi connectivity index (χ3v) is 9.86. The van der Waals surface area contributed by atoms with E-state index in [9.17, 15) is 0 Å². The lowest BCUT2D eigenvalue weighted by atomic mass is 10.1. The van der Waals surface area contributed by atoms with Crippen LogP contribution in [0.1, 0.15) is 42.3 Å². The summed E-state index contributed by atoms with van der Waals surface area (Å²) in [4.78, 5) is 5.76. The molecular weight excluding hydrogens is 330 g/mol. The van der Waals surface area contributed by atoms with E-state index in [2.05, 4.69) is 51.8 Å². The summed E-state index contributed by atoms with van der Waals surface area (Å²) in [5.74, 6) is 0. The van der Waals surface area contributed by atoms with Gasteiger partial charge in [0.2, 0.25) is 0 Å². The molecule has 2 rings (SSSR count). The Balaban J connectivity index is 2.43. The first-order valence-electron chi connectivity index (χ1n) is 7.46. The molecule has 0 amide bonds. The minimum atomic E-state index is -1.92. The van der Waals surface area contributed by atoms with Crippen LogP contribution in [0.25, 0.3) is 0 Å². The van der Waals surface area contributed by atoms with Gasteiger partial charge in [-0.05, 0) is 42.8 Å². The van der Waals surface area contributed by atoms with Crippen molar-refractivity contribution in [3.63, 3.8) is 0 Å². The first kappa shape index (κ1) is 17.7. The van der Waals surface area contributed by atoms with E-state index in [1.54, 1.807) is 11.3 Å². The average Bonchev–Trinajstić information content (AvgIpc) is 2.81. The summed E-state index contributed by atoms with van der Waals surface area (Å²) in [6, 6.07) is 7.91. The van der Waals surface area contributed by atoms with Crippen LogP contribution in [0.2, 0.25) is 23.2 Å². The van der Waals surface area contributed by atoms with Crippen molar-refractivity contribution in [2.75, 3.05) is 0 Å². The molecule has 0 aliphatic heterocycles. The van der Waals surface area contributed by atoms with Crippen molar-refractivity contribution >= 4 is 31.3 Å². The van der Waals surface area contributed by atoms with Crippen LogP contribution < -0.4 is 0 Å². The SMILES string of the molecule is Cc1cnc(C(O[Si](C)(C)C(C)(C)C)c2cccc(Cl)c2)s1. The number of aryl methyl sites for hydroxylation is 1. The third-order valence-electron chi connectivity index (χ3n) is 4.23. The van der Waals surface area contributed by atoms with Crippen LogP contribution >= 0.6 is 22.9 Å². The molecule has 1 atom stereocenters. The maximum Gasteiger partial charge on any atom is 0.193 e. The van der Waals surface area contributed by atoms with E-state index in [1.165, 1.54) is 4.88 Å². The molecule has 1 unspecified atom stereocenters. The van der Waals surface area contributed by atoms with Crippen LogP contribution in [0.4, 0.5) is 0 Å². The fraction of sp³-hybridized carbons (Fsp3) is 0.471. The van der Waals surface area contributed by atoms with Gasteiger partial charge in [-0.2, -0.15) is 0 Å². The maximum absolute atomic E-state index is 6.67. The summed E-state index contributed by atoms with van der Waals surface area (Å²) in [6.07, 6.45) is 1.77. The summed E-state index contributed by atoms with van der Waals surface area (Å²) in [6.45, 7) is 13.4. The molecule has 2 nitrogen and oxygen atoms in total. The predicted octanol–water partition coefficient (Wildman–Crippen LogP) is 6.22. The molecule has 1 aromatic carbocycles. The fourth-order valence-corrected chi connectivity index (χ4v) is 4.20. The predicted molar refractivity (Wildman–Crippen MR) is 98.4 cm³/mol. The molecule has 0 radical (unpaired) electrons. The van der Waals surface area contributed by atoms with Gasteiger partial charge in [0.1, 0.15) is 11.1 Å². The van der Waals surface area contributed by atoms with Crippen LogP contribution in [0, 0.1) is 6.92 Å². The Bertz CT molecular complexity index is 648. The van der Waals surface area contributed by atoms with Crippen LogP contribution in [0.3, 0.4) is 0 Å². The molecule has 22 heavy (non-hydrogen) atoms. The van der Waals surface area contributed by atoms with Gasteiger partial charge >= 0.3 is 0 Å². The van der Waals surface area contributed by atoms with E-state index >= 15 is 0 Å². The third kappa shape index (κ3) is 3.99. The molecule has 2 aromatic rings. The van der Waals surface area contributed by atoms with Gasteiger partial charge in [0.25, 0.3) is 0 Å². The molecule has 120 valence electrons. The van der Waals surface area contributed by atoms with E-state index < -0.39 is 8.32 Å². The van der Waals surface area contributed by atoms with Crippen LogP contribution in [-0.4, -0.2) is 13.3 Å². The second-order valence-electron chi connectivity index (χ2n) is 7.12. The number of halogens is 1. The van der Waals surface area contributed by atoms with Crippen molar-refractivity contribution in [1.29, 1.82) is 0 Å². The number of aromatic nitrogens is 1. The topological polar surface area (TPSA) is 22.1 Å². The molecule has 0 saturated carbocycles. The van der Waals surface area contributed by atoms with Gasteiger partial charge in [0.15, 0.2) is 8.32 Å². The highest BCUT2D eigenvalue weighted by molar-refractivity contribution is 7.11.